The fourth-order valence-electron chi connectivity index (χ4n) is 2.55. The van der Waals surface area contributed by atoms with Crippen LogP contribution in [-0.2, 0) is 10.2 Å². The highest BCUT2D eigenvalue weighted by atomic mass is 19.4. The van der Waals surface area contributed by atoms with E-state index in [1.165, 1.54) is 0 Å². The molecule has 1 saturated heterocycles. The Labute approximate surface area is 132 Å². The summed E-state index contributed by atoms with van der Waals surface area (Å²) in [5.41, 5.74) is -0.313. The van der Waals surface area contributed by atoms with Crippen LogP contribution in [0.4, 0.5) is 19.1 Å². The van der Waals surface area contributed by atoms with Crippen molar-refractivity contribution in [2.24, 2.45) is 0 Å². The molecule has 0 bridgehead atoms. The van der Waals surface area contributed by atoms with Gasteiger partial charge in [-0.3, -0.25) is 4.79 Å². The largest absolute Gasteiger partial charge is 0.408 e. The third-order valence-electron chi connectivity index (χ3n) is 3.77. The van der Waals surface area contributed by atoms with Gasteiger partial charge in [0.1, 0.15) is 6.04 Å². The van der Waals surface area contributed by atoms with Crippen LogP contribution < -0.4 is 5.32 Å². The van der Waals surface area contributed by atoms with Gasteiger partial charge < -0.3 is 14.7 Å². The zero-order chi connectivity index (χ0) is 17.4. The number of carbonyl (C=O) groups is 1. The number of nitrogens with one attached hydrogen (secondary N) is 1. The van der Waals surface area contributed by atoms with Crippen molar-refractivity contribution in [3.63, 3.8) is 0 Å². The Morgan fingerprint density at radius 3 is 2.43 bits per heavy atom. The van der Waals surface area contributed by atoms with Crippen molar-refractivity contribution in [2.75, 3.05) is 11.9 Å². The molecule has 2 heterocycles. The molecule has 1 aliphatic heterocycles. The number of alkyl halides is 3. The summed E-state index contributed by atoms with van der Waals surface area (Å²) in [6, 6.07) is -2.07. The summed E-state index contributed by atoms with van der Waals surface area (Å²) in [7, 11) is 0. The van der Waals surface area contributed by atoms with Crippen molar-refractivity contribution in [1.82, 2.24) is 15.0 Å². The first-order valence-electron chi connectivity index (χ1n) is 7.43. The van der Waals surface area contributed by atoms with E-state index >= 15 is 0 Å². The van der Waals surface area contributed by atoms with Gasteiger partial charge in [-0.15, -0.1) is 0 Å². The molecule has 0 radical (unpaired) electrons. The molecule has 0 saturated carbocycles. The maximum Gasteiger partial charge on any atom is 0.408 e. The van der Waals surface area contributed by atoms with E-state index < -0.39 is 18.1 Å². The number of aromatic nitrogens is 2. The molecule has 2 unspecified atom stereocenters. The highest BCUT2D eigenvalue weighted by Crippen LogP contribution is 2.32. The summed E-state index contributed by atoms with van der Waals surface area (Å²) in [5.74, 6) is 0.0728. The molecule has 1 aromatic heterocycles. The average Bonchev–Trinajstić information content (AvgIpc) is 2.85. The summed E-state index contributed by atoms with van der Waals surface area (Å²) < 4.78 is 44.1. The Bertz CT molecular complexity index is 565. The summed E-state index contributed by atoms with van der Waals surface area (Å²) in [4.78, 5) is 16.6. The molecule has 1 aliphatic rings. The number of amides is 1. The molecule has 6 nitrogen and oxygen atoms in total. The molecule has 1 N–H and O–H groups in total. The molecular formula is C14H21F3N4O2. The van der Waals surface area contributed by atoms with Crippen LogP contribution in [0.5, 0.6) is 0 Å². The number of carbonyl (C=O) groups excluding carboxylic acids is 1. The lowest BCUT2D eigenvalue weighted by atomic mass is 9.97. The molecule has 9 heteroatoms. The van der Waals surface area contributed by atoms with Gasteiger partial charge in [-0.05, 0) is 18.0 Å². The molecule has 23 heavy (non-hydrogen) atoms. The summed E-state index contributed by atoms with van der Waals surface area (Å²) >= 11 is 0. The molecule has 130 valence electrons. The molecule has 2 atom stereocenters. The van der Waals surface area contributed by atoms with Crippen LogP contribution in [0.2, 0.25) is 0 Å². The Balaban J connectivity index is 2.06. The maximum absolute atomic E-state index is 13.0. The monoisotopic (exact) mass is 334 g/mol. The van der Waals surface area contributed by atoms with Gasteiger partial charge in [0, 0.05) is 24.9 Å². The van der Waals surface area contributed by atoms with Gasteiger partial charge in [0.25, 0.3) is 5.95 Å². The maximum atomic E-state index is 13.0. The van der Waals surface area contributed by atoms with Crippen LogP contribution in [0.15, 0.2) is 4.52 Å². The third-order valence-corrected chi connectivity index (χ3v) is 3.77. The van der Waals surface area contributed by atoms with E-state index in [9.17, 15) is 18.0 Å². The fraction of sp³-hybridized carbons (Fsp3) is 0.786. The van der Waals surface area contributed by atoms with E-state index in [1.807, 2.05) is 20.8 Å². The number of piperidine rings is 1. The summed E-state index contributed by atoms with van der Waals surface area (Å²) in [6.45, 7) is 6.84. The Morgan fingerprint density at radius 1 is 1.30 bits per heavy atom. The van der Waals surface area contributed by atoms with E-state index in [4.69, 9.17) is 4.52 Å². The summed E-state index contributed by atoms with van der Waals surface area (Å²) in [6.07, 6.45) is -4.29. The third kappa shape index (κ3) is 4.14. The molecule has 1 amide bonds. The number of halogens is 3. The second-order valence-corrected chi connectivity index (χ2v) is 6.82. The molecule has 0 spiro atoms. The molecule has 0 aromatic carbocycles. The zero-order valence-corrected chi connectivity index (χ0v) is 13.6. The predicted molar refractivity (Wildman–Crippen MR) is 76.9 cm³/mol. The van der Waals surface area contributed by atoms with Crippen LogP contribution in [-0.4, -0.2) is 45.8 Å². The van der Waals surface area contributed by atoms with Gasteiger partial charge in [0.15, 0.2) is 0 Å². The van der Waals surface area contributed by atoms with Gasteiger partial charge in [-0.25, -0.2) is 0 Å². The highest BCUT2D eigenvalue weighted by molar-refractivity contribution is 5.74. The number of nitrogens with zero attached hydrogens (tertiary/aromatic N) is 3. The van der Waals surface area contributed by atoms with Crippen molar-refractivity contribution >= 4 is 11.9 Å². The number of hydrogen-bond acceptors (Lipinski definition) is 5. The Morgan fingerprint density at radius 2 is 1.96 bits per heavy atom. The first kappa shape index (κ1) is 17.6. The van der Waals surface area contributed by atoms with Gasteiger partial charge >= 0.3 is 6.18 Å². The number of rotatable bonds is 2. The van der Waals surface area contributed by atoms with E-state index in [2.05, 4.69) is 15.5 Å². The first-order chi connectivity index (χ1) is 10.5. The minimum Gasteiger partial charge on any atom is -0.347 e. The second kappa shape index (κ2) is 6.01. The lowest BCUT2D eigenvalue weighted by molar-refractivity contribution is -0.195. The first-order valence-corrected chi connectivity index (χ1v) is 7.43. The molecular weight excluding hydrogens is 313 g/mol. The smallest absolute Gasteiger partial charge is 0.347 e. The minimum absolute atomic E-state index is 0.0428. The Kier molecular flexibility index (Phi) is 4.59. The molecule has 1 aromatic rings. The van der Waals surface area contributed by atoms with E-state index in [0.717, 1.165) is 11.8 Å². The minimum atomic E-state index is -4.41. The van der Waals surface area contributed by atoms with Crippen LogP contribution in [0, 0.1) is 0 Å². The van der Waals surface area contributed by atoms with Crippen LogP contribution in [0.1, 0.15) is 46.4 Å². The van der Waals surface area contributed by atoms with E-state index in [-0.39, 0.29) is 36.8 Å². The quantitative estimate of drug-likeness (QED) is 0.900. The predicted octanol–water partition coefficient (Wildman–Crippen LogP) is 2.72. The number of anilines is 1. The fourth-order valence-corrected chi connectivity index (χ4v) is 2.55. The Hall–Kier alpha value is -1.80. The van der Waals surface area contributed by atoms with Crippen molar-refractivity contribution in [2.45, 2.75) is 64.2 Å². The van der Waals surface area contributed by atoms with Gasteiger partial charge in [-0.1, -0.05) is 20.8 Å². The normalized spacial score (nSPS) is 23.0. The molecule has 1 fully saturated rings. The topological polar surface area (TPSA) is 71.3 Å². The highest BCUT2D eigenvalue weighted by Gasteiger charge is 2.47. The summed E-state index contributed by atoms with van der Waals surface area (Å²) in [5, 5.41) is 6.74. The lowest BCUT2D eigenvalue weighted by Gasteiger charge is -2.39. The number of hydrogen-bond donors (Lipinski definition) is 1. The van der Waals surface area contributed by atoms with E-state index in [0.29, 0.717) is 5.89 Å². The molecule has 0 aliphatic carbocycles. The van der Waals surface area contributed by atoms with E-state index in [1.54, 1.807) is 0 Å². The van der Waals surface area contributed by atoms with Crippen LogP contribution in [0.3, 0.4) is 0 Å². The van der Waals surface area contributed by atoms with Crippen molar-refractivity contribution in [3.05, 3.63) is 5.89 Å². The van der Waals surface area contributed by atoms with Gasteiger partial charge in [0.2, 0.25) is 11.8 Å². The number of likely N-dealkylation sites (tertiary alicyclic amines) is 1. The van der Waals surface area contributed by atoms with Crippen molar-refractivity contribution < 1.29 is 22.5 Å². The lowest BCUT2D eigenvalue weighted by Crippen LogP contribution is -2.55. The zero-order valence-electron chi connectivity index (χ0n) is 13.6. The van der Waals surface area contributed by atoms with Gasteiger partial charge in [-0.2, -0.15) is 18.2 Å². The van der Waals surface area contributed by atoms with Crippen LogP contribution in [0.25, 0.3) is 0 Å². The second-order valence-electron chi connectivity index (χ2n) is 6.82. The molecule has 2 rings (SSSR count). The van der Waals surface area contributed by atoms with Crippen LogP contribution >= 0.6 is 0 Å². The average molecular weight is 334 g/mol. The SMILES string of the molecule is CC(=O)N1CC(Nc2noc(C(C)(C)C)n2)CCC1C(F)(F)F. The van der Waals surface area contributed by atoms with Crippen molar-refractivity contribution in [3.8, 4) is 0 Å². The standard InChI is InChI=1S/C14H21F3N4O2/c1-8(22)21-7-9(5-6-10(21)14(15,16)17)18-12-19-11(23-20-12)13(2,3)4/h9-10H,5-7H2,1-4H3,(H,18,20). The van der Waals surface area contributed by atoms with Gasteiger partial charge in [0.05, 0.1) is 0 Å². The van der Waals surface area contributed by atoms with Crippen molar-refractivity contribution in [1.29, 1.82) is 0 Å².